The van der Waals surface area contributed by atoms with E-state index in [1.165, 1.54) is 29.5 Å². The van der Waals surface area contributed by atoms with Gasteiger partial charge in [-0.15, -0.1) is 0 Å². The molecule has 0 spiro atoms. The smallest absolute Gasteiger partial charge is 0.124 e. The molecule has 0 atom stereocenters. The molecule has 112 valence electrons. The normalized spacial score (nSPS) is 10.6. The summed E-state index contributed by atoms with van der Waals surface area (Å²) < 4.78 is 6.00. The van der Waals surface area contributed by atoms with Gasteiger partial charge in [0.05, 0.1) is 0 Å². The molecule has 21 heavy (non-hydrogen) atoms. The van der Waals surface area contributed by atoms with E-state index in [0.717, 1.165) is 18.8 Å². The Kier molecular flexibility index (Phi) is 6.29. The molecular formula is C19H25NO. The Balaban J connectivity index is 1.93. The van der Waals surface area contributed by atoms with Crippen LogP contribution in [0, 0.1) is 6.92 Å². The van der Waals surface area contributed by atoms with Crippen LogP contribution < -0.4 is 10.1 Å². The molecule has 0 aliphatic rings. The predicted molar refractivity (Wildman–Crippen MR) is 88.6 cm³/mol. The summed E-state index contributed by atoms with van der Waals surface area (Å²) in [7, 11) is 0. The lowest BCUT2D eigenvalue weighted by atomic mass is 10.1. The van der Waals surface area contributed by atoms with Gasteiger partial charge in [-0.05, 0) is 31.5 Å². The molecule has 1 N–H and O–H groups in total. The van der Waals surface area contributed by atoms with Crippen molar-refractivity contribution in [2.24, 2.45) is 0 Å². The molecular weight excluding hydrogens is 258 g/mol. The molecule has 2 rings (SSSR count). The van der Waals surface area contributed by atoms with Crippen molar-refractivity contribution in [1.29, 1.82) is 0 Å². The molecule has 0 aromatic heterocycles. The van der Waals surface area contributed by atoms with Gasteiger partial charge in [-0.3, -0.25) is 0 Å². The van der Waals surface area contributed by atoms with Crippen LogP contribution in [0.2, 0.25) is 0 Å². The van der Waals surface area contributed by atoms with Gasteiger partial charge in [0.15, 0.2) is 0 Å². The minimum atomic E-state index is 0.619. The molecule has 0 heterocycles. The highest BCUT2D eigenvalue weighted by atomic mass is 16.5. The van der Waals surface area contributed by atoms with Crippen molar-refractivity contribution in [3.8, 4) is 5.75 Å². The third-order valence-corrected chi connectivity index (χ3v) is 3.47. The molecule has 2 aromatic rings. The summed E-state index contributed by atoms with van der Waals surface area (Å²) in [5.74, 6) is 0.975. The second kappa shape index (κ2) is 8.48. The quantitative estimate of drug-likeness (QED) is 0.722. The molecule has 0 amide bonds. The third kappa shape index (κ3) is 5.24. The maximum atomic E-state index is 6.00. The van der Waals surface area contributed by atoms with Gasteiger partial charge in [-0.2, -0.15) is 0 Å². The molecule has 2 nitrogen and oxygen atoms in total. The van der Waals surface area contributed by atoms with Crippen LogP contribution in [0.15, 0.2) is 48.5 Å². The zero-order valence-electron chi connectivity index (χ0n) is 13.1. The maximum absolute atomic E-state index is 6.00. The molecule has 0 saturated heterocycles. The van der Waals surface area contributed by atoms with Gasteiger partial charge >= 0.3 is 0 Å². The largest absolute Gasteiger partial charge is 0.489 e. The lowest BCUT2D eigenvalue weighted by Gasteiger charge is -2.12. The number of ether oxygens (including phenoxy) is 1. The molecule has 0 aliphatic heterocycles. The molecule has 0 bridgehead atoms. The van der Waals surface area contributed by atoms with Crippen LogP contribution in [-0.4, -0.2) is 6.54 Å². The first-order chi connectivity index (χ1) is 10.3. The van der Waals surface area contributed by atoms with Crippen molar-refractivity contribution in [1.82, 2.24) is 5.32 Å². The van der Waals surface area contributed by atoms with Crippen LogP contribution in [0.4, 0.5) is 0 Å². The lowest BCUT2D eigenvalue weighted by Crippen LogP contribution is -2.15. The molecule has 0 aliphatic carbocycles. The van der Waals surface area contributed by atoms with Crippen LogP contribution in [-0.2, 0) is 13.2 Å². The standard InChI is InChI=1S/C19H25NO/c1-3-4-12-20-14-18-10-5-6-11-19(18)21-15-17-9-7-8-16(2)13-17/h5-11,13,20H,3-4,12,14-15H2,1-2H3. The fourth-order valence-electron chi connectivity index (χ4n) is 2.28. The molecule has 0 unspecified atom stereocenters. The fraction of sp³-hybridized carbons (Fsp3) is 0.368. The van der Waals surface area contributed by atoms with Crippen molar-refractivity contribution >= 4 is 0 Å². The molecule has 0 fully saturated rings. The summed E-state index contributed by atoms with van der Waals surface area (Å²) in [5.41, 5.74) is 3.70. The number of hydrogen-bond acceptors (Lipinski definition) is 2. The lowest BCUT2D eigenvalue weighted by molar-refractivity contribution is 0.302. The van der Waals surface area contributed by atoms with Gasteiger partial charge in [0.2, 0.25) is 0 Å². The van der Waals surface area contributed by atoms with E-state index >= 15 is 0 Å². The van der Waals surface area contributed by atoms with Crippen molar-refractivity contribution in [3.63, 3.8) is 0 Å². The van der Waals surface area contributed by atoms with Crippen LogP contribution in [0.25, 0.3) is 0 Å². The molecule has 2 heteroatoms. The topological polar surface area (TPSA) is 21.3 Å². The number of rotatable bonds is 8. The number of benzene rings is 2. The van der Waals surface area contributed by atoms with Gasteiger partial charge in [-0.1, -0.05) is 61.4 Å². The highest BCUT2D eigenvalue weighted by Gasteiger charge is 2.03. The van der Waals surface area contributed by atoms with E-state index in [1.807, 2.05) is 12.1 Å². The summed E-state index contributed by atoms with van der Waals surface area (Å²) in [4.78, 5) is 0. The average molecular weight is 283 g/mol. The van der Waals surface area contributed by atoms with Crippen molar-refractivity contribution in [2.45, 2.75) is 39.8 Å². The van der Waals surface area contributed by atoms with Crippen LogP contribution in [0.3, 0.4) is 0 Å². The number of unbranched alkanes of at least 4 members (excludes halogenated alkanes) is 1. The SMILES string of the molecule is CCCCNCc1ccccc1OCc1cccc(C)c1. The van der Waals surface area contributed by atoms with Gasteiger partial charge in [0, 0.05) is 12.1 Å². The van der Waals surface area contributed by atoms with Gasteiger partial charge in [0.1, 0.15) is 12.4 Å². The van der Waals surface area contributed by atoms with Crippen LogP contribution in [0.5, 0.6) is 5.75 Å². The molecule has 0 radical (unpaired) electrons. The second-order valence-electron chi connectivity index (χ2n) is 5.42. The Hall–Kier alpha value is -1.80. The first-order valence-corrected chi connectivity index (χ1v) is 7.76. The summed E-state index contributed by atoms with van der Waals surface area (Å²) in [6.45, 7) is 6.86. The number of aryl methyl sites for hydroxylation is 1. The minimum absolute atomic E-state index is 0.619. The van der Waals surface area contributed by atoms with E-state index in [2.05, 4.69) is 55.6 Å². The molecule has 0 saturated carbocycles. The Morgan fingerprint density at radius 3 is 2.71 bits per heavy atom. The van der Waals surface area contributed by atoms with E-state index in [0.29, 0.717) is 6.61 Å². The van der Waals surface area contributed by atoms with Crippen molar-refractivity contribution in [3.05, 3.63) is 65.2 Å². The number of para-hydroxylation sites is 1. The average Bonchev–Trinajstić information content (AvgIpc) is 2.50. The predicted octanol–water partition coefficient (Wildman–Crippen LogP) is 4.46. The van der Waals surface area contributed by atoms with Gasteiger partial charge in [0.25, 0.3) is 0 Å². The van der Waals surface area contributed by atoms with E-state index in [-0.39, 0.29) is 0 Å². The third-order valence-electron chi connectivity index (χ3n) is 3.47. The zero-order chi connectivity index (χ0) is 14.9. The maximum Gasteiger partial charge on any atom is 0.124 e. The van der Waals surface area contributed by atoms with Crippen LogP contribution >= 0.6 is 0 Å². The second-order valence-corrected chi connectivity index (χ2v) is 5.42. The van der Waals surface area contributed by atoms with E-state index in [4.69, 9.17) is 4.74 Å². The highest BCUT2D eigenvalue weighted by molar-refractivity contribution is 5.33. The first-order valence-electron chi connectivity index (χ1n) is 7.76. The fourth-order valence-corrected chi connectivity index (χ4v) is 2.28. The van der Waals surface area contributed by atoms with E-state index < -0.39 is 0 Å². The zero-order valence-corrected chi connectivity index (χ0v) is 13.1. The number of hydrogen-bond donors (Lipinski definition) is 1. The van der Waals surface area contributed by atoms with Crippen LogP contribution in [0.1, 0.15) is 36.5 Å². The Morgan fingerprint density at radius 2 is 1.90 bits per heavy atom. The Labute approximate surface area is 128 Å². The Bertz CT molecular complexity index is 551. The molecule has 2 aromatic carbocycles. The van der Waals surface area contributed by atoms with Crippen molar-refractivity contribution < 1.29 is 4.74 Å². The summed E-state index contributed by atoms with van der Waals surface area (Å²) in [6, 6.07) is 16.7. The number of nitrogens with one attached hydrogen (secondary N) is 1. The first kappa shape index (κ1) is 15.6. The monoisotopic (exact) mass is 283 g/mol. The van der Waals surface area contributed by atoms with Gasteiger partial charge < -0.3 is 10.1 Å². The minimum Gasteiger partial charge on any atom is -0.489 e. The van der Waals surface area contributed by atoms with Gasteiger partial charge in [-0.25, -0.2) is 0 Å². The highest BCUT2D eigenvalue weighted by Crippen LogP contribution is 2.19. The van der Waals surface area contributed by atoms with Crippen molar-refractivity contribution in [2.75, 3.05) is 6.54 Å². The Morgan fingerprint density at radius 1 is 1.05 bits per heavy atom. The summed E-state index contributed by atoms with van der Waals surface area (Å²) in [5, 5.41) is 3.47. The van der Waals surface area contributed by atoms with E-state index in [9.17, 15) is 0 Å². The van der Waals surface area contributed by atoms with E-state index in [1.54, 1.807) is 0 Å². The summed E-state index contributed by atoms with van der Waals surface area (Å²) >= 11 is 0. The summed E-state index contributed by atoms with van der Waals surface area (Å²) in [6.07, 6.45) is 2.44.